The number of carbonyl (C=O) groups excluding carboxylic acids is 2. The molecule has 0 spiro atoms. The van der Waals surface area contributed by atoms with Gasteiger partial charge in [-0.05, 0) is 49.1 Å². The molecule has 1 saturated carbocycles. The van der Waals surface area contributed by atoms with Gasteiger partial charge in [-0.2, -0.15) is 0 Å². The van der Waals surface area contributed by atoms with E-state index in [4.69, 9.17) is 0 Å². The van der Waals surface area contributed by atoms with Crippen molar-refractivity contribution in [2.24, 2.45) is 5.41 Å². The lowest BCUT2D eigenvalue weighted by atomic mass is 9.74. The molecule has 1 aromatic carbocycles. The van der Waals surface area contributed by atoms with Crippen molar-refractivity contribution in [1.29, 1.82) is 0 Å². The van der Waals surface area contributed by atoms with Crippen LogP contribution < -0.4 is 0 Å². The average molecular weight is 321 g/mol. The van der Waals surface area contributed by atoms with Crippen LogP contribution in [0.3, 0.4) is 0 Å². The fourth-order valence-corrected chi connectivity index (χ4v) is 3.50. The normalized spacial score (nSPS) is 17.2. The lowest BCUT2D eigenvalue weighted by Crippen LogP contribution is -2.31. The molecule has 3 rings (SSSR count). The van der Waals surface area contributed by atoms with Crippen LogP contribution in [0.15, 0.2) is 42.0 Å². The summed E-state index contributed by atoms with van der Waals surface area (Å²) in [5, 5.41) is 0. The van der Waals surface area contributed by atoms with Crippen LogP contribution in [-0.2, 0) is 9.59 Å². The van der Waals surface area contributed by atoms with Gasteiger partial charge in [-0.1, -0.05) is 32.0 Å². The van der Waals surface area contributed by atoms with Crippen molar-refractivity contribution in [2.75, 3.05) is 0 Å². The van der Waals surface area contributed by atoms with Gasteiger partial charge in [0.15, 0.2) is 11.6 Å². The van der Waals surface area contributed by atoms with Crippen molar-refractivity contribution in [2.45, 2.75) is 40.5 Å². The fraction of sp³-hybridized carbons (Fsp3) is 0.333. The topological polar surface area (TPSA) is 39.1 Å². The van der Waals surface area contributed by atoms with E-state index in [9.17, 15) is 9.59 Å². The number of hydrogen-bond acceptors (Lipinski definition) is 2. The number of aryl methyl sites for hydroxylation is 1. The lowest BCUT2D eigenvalue weighted by molar-refractivity contribution is -0.127. The largest absolute Gasteiger partial charge is 0.318 e. The molecule has 0 amide bonds. The summed E-state index contributed by atoms with van der Waals surface area (Å²) < 4.78 is 2.15. The van der Waals surface area contributed by atoms with E-state index in [2.05, 4.69) is 16.7 Å². The van der Waals surface area contributed by atoms with Gasteiger partial charge in [0.25, 0.3) is 0 Å². The number of benzene rings is 1. The summed E-state index contributed by atoms with van der Waals surface area (Å²) in [7, 11) is 0. The first-order valence-corrected chi connectivity index (χ1v) is 8.31. The smallest absolute Gasteiger partial charge is 0.167 e. The molecule has 0 unspecified atom stereocenters. The Balaban J connectivity index is 2.03. The van der Waals surface area contributed by atoms with E-state index in [-0.39, 0.29) is 17.0 Å². The summed E-state index contributed by atoms with van der Waals surface area (Å²) >= 11 is 0. The fourth-order valence-electron chi connectivity index (χ4n) is 3.50. The third-order valence-corrected chi connectivity index (χ3v) is 4.66. The first-order chi connectivity index (χ1) is 11.3. The minimum Gasteiger partial charge on any atom is -0.318 e. The van der Waals surface area contributed by atoms with Crippen LogP contribution in [0.4, 0.5) is 0 Å². The van der Waals surface area contributed by atoms with Gasteiger partial charge in [-0.25, -0.2) is 0 Å². The number of nitrogens with zero attached hydrogens (tertiary/aromatic N) is 1. The molecule has 124 valence electrons. The minimum atomic E-state index is -0.230. The molecule has 0 atom stereocenters. The van der Waals surface area contributed by atoms with E-state index in [1.807, 2.05) is 52.0 Å². The molecule has 1 aliphatic rings. The van der Waals surface area contributed by atoms with Crippen LogP contribution in [0.5, 0.6) is 0 Å². The molecular weight excluding hydrogens is 298 g/mol. The van der Waals surface area contributed by atoms with Crippen molar-refractivity contribution < 1.29 is 9.59 Å². The van der Waals surface area contributed by atoms with Crippen LogP contribution in [-0.4, -0.2) is 16.1 Å². The molecule has 0 radical (unpaired) electrons. The van der Waals surface area contributed by atoms with E-state index in [0.717, 1.165) is 22.6 Å². The van der Waals surface area contributed by atoms with Crippen molar-refractivity contribution in [3.8, 4) is 5.69 Å². The number of Topliss-reactive ketones (excluding diaryl/α,β-unsaturated/α-hetero) is 2. The molecule has 0 bridgehead atoms. The maximum absolute atomic E-state index is 12.4. The highest BCUT2D eigenvalue weighted by Gasteiger charge is 2.35. The number of carbonyl (C=O) groups is 2. The van der Waals surface area contributed by atoms with E-state index in [1.165, 1.54) is 0 Å². The maximum Gasteiger partial charge on any atom is 0.167 e. The first-order valence-electron chi connectivity index (χ1n) is 8.31. The number of rotatable bonds is 2. The van der Waals surface area contributed by atoms with E-state index < -0.39 is 0 Å². The van der Waals surface area contributed by atoms with E-state index in [0.29, 0.717) is 18.4 Å². The Morgan fingerprint density at radius 3 is 2.17 bits per heavy atom. The first kappa shape index (κ1) is 16.4. The van der Waals surface area contributed by atoms with E-state index in [1.54, 1.807) is 6.08 Å². The molecule has 1 aliphatic carbocycles. The Kier molecular flexibility index (Phi) is 4.04. The van der Waals surface area contributed by atoms with E-state index >= 15 is 0 Å². The summed E-state index contributed by atoms with van der Waals surface area (Å²) in [5.74, 6) is -0.0819. The number of aromatic nitrogens is 1. The Hall–Kier alpha value is -2.42. The second-order valence-corrected chi connectivity index (χ2v) is 7.42. The van der Waals surface area contributed by atoms with Crippen molar-refractivity contribution in [3.05, 3.63) is 58.9 Å². The van der Waals surface area contributed by atoms with Gasteiger partial charge < -0.3 is 4.57 Å². The molecule has 0 aliphatic heterocycles. The second kappa shape index (κ2) is 5.90. The molecular formula is C21H23NO2. The number of para-hydroxylation sites is 1. The molecule has 0 N–H and O–H groups in total. The molecule has 3 nitrogen and oxygen atoms in total. The Labute approximate surface area is 143 Å². The Bertz CT molecular complexity index is 816. The average Bonchev–Trinajstić information content (AvgIpc) is 2.77. The Morgan fingerprint density at radius 2 is 1.58 bits per heavy atom. The second-order valence-electron chi connectivity index (χ2n) is 7.42. The zero-order valence-electron chi connectivity index (χ0n) is 14.7. The van der Waals surface area contributed by atoms with Crippen LogP contribution in [0, 0.1) is 19.3 Å². The molecule has 1 heterocycles. The summed E-state index contributed by atoms with van der Waals surface area (Å²) in [6.07, 6.45) is 2.64. The molecule has 1 aromatic heterocycles. The maximum atomic E-state index is 12.4. The SMILES string of the molecule is Cc1cc(C=C2C(=O)CC(C)(C)CC2=O)c(C)n1-c1ccccc1. The zero-order chi connectivity index (χ0) is 17.5. The highest BCUT2D eigenvalue weighted by Crippen LogP contribution is 2.35. The zero-order valence-corrected chi connectivity index (χ0v) is 14.7. The molecule has 3 heteroatoms. The van der Waals surface area contributed by atoms with Gasteiger partial charge in [-0.15, -0.1) is 0 Å². The van der Waals surface area contributed by atoms with Crippen LogP contribution in [0.2, 0.25) is 0 Å². The number of hydrogen-bond donors (Lipinski definition) is 0. The predicted octanol–water partition coefficient (Wildman–Crippen LogP) is 4.44. The molecule has 0 saturated heterocycles. The number of allylic oxidation sites excluding steroid dienone is 1. The van der Waals surface area contributed by atoms with Crippen LogP contribution in [0.25, 0.3) is 11.8 Å². The van der Waals surface area contributed by atoms with Crippen molar-refractivity contribution in [1.82, 2.24) is 4.57 Å². The predicted molar refractivity (Wildman–Crippen MR) is 96.2 cm³/mol. The van der Waals surface area contributed by atoms with Crippen molar-refractivity contribution >= 4 is 17.6 Å². The summed E-state index contributed by atoms with van der Waals surface area (Å²) in [4.78, 5) is 24.8. The van der Waals surface area contributed by atoms with Gasteiger partial charge in [-0.3, -0.25) is 9.59 Å². The summed E-state index contributed by atoms with van der Waals surface area (Å²) in [5.41, 5.74) is 4.26. The Morgan fingerprint density at radius 1 is 1.00 bits per heavy atom. The van der Waals surface area contributed by atoms with Crippen molar-refractivity contribution in [3.63, 3.8) is 0 Å². The highest BCUT2D eigenvalue weighted by atomic mass is 16.1. The third kappa shape index (κ3) is 2.99. The van der Waals surface area contributed by atoms with Crippen LogP contribution >= 0.6 is 0 Å². The highest BCUT2D eigenvalue weighted by molar-refractivity contribution is 6.25. The van der Waals surface area contributed by atoms with Crippen LogP contribution in [0.1, 0.15) is 43.6 Å². The molecule has 24 heavy (non-hydrogen) atoms. The van der Waals surface area contributed by atoms with Gasteiger partial charge >= 0.3 is 0 Å². The lowest BCUT2D eigenvalue weighted by Gasteiger charge is -2.28. The van der Waals surface area contributed by atoms with Gasteiger partial charge in [0.2, 0.25) is 0 Å². The summed E-state index contributed by atoms with van der Waals surface area (Å²) in [6, 6.07) is 12.1. The molecule has 1 fully saturated rings. The standard InChI is InChI=1S/C21H23NO2/c1-14-10-16(15(2)22(14)17-8-6-5-7-9-17)11-18-19(23)12-21(3,4)13-20(18)24/h5-11H,12-13H2,1-4H3. The minimum absolute atomic E-state index is 0.0410. The van der Waals surface area contributed by atoms with Gasteiger partial charge in [0.1, 0.15) is 0 Å². The summed E-state index contributed by atoms with van der Waals surface area (Å²) in [6.45, 7) is 8.01. The monoisotopic (exact) mass is 321 g/mol. The quantitative estimate of drug-likeness (QED) is 0.606. The third-order valence-electron chi connectivity index (χ3n) is 4.66. The van der Waals surface area contributed by atoms with Gasteiger partial charge in [0, 0.05) is 29.9 Å². The van der Waals surface area contributed by atoms with Gasteiger partial charge in [0.05, 0.1) is 5.57 Å². The molecule has 2 aromatic rings. The number of ketones is 2.